The first-order chi connectivity index (χ1) is 8.71. The highest BCUT2D eigenvalue weighted by atomic mass is 32.2. The van der Waals surface area contributed by atoms with Crippen LogP contribution in [-0.2, 0) is 9.53 Å². The van der Waals surface area contributed by atoms with Gasteiger partial charge in [0.2, 0.25) is 0 Å². The van der Waals surface area contributed by atoms with Crippen LogP contribution in [0.25, 0.3) is 0 Å². The second-order valence-electron chi connectivity index (χ2n) is 5.75. The quantitative estimate of drug-likeness (QED) is 0.779. The first-order valence-electron chi connectivity index (χ1n) is 7.46. The molecule has 2 rings (SSSR count). The van der Waals surface area contributed by atoms with Gasteiger partial charge in [-0.1, -0.05) is 13.8 Å². The monoisotopic (exact) mass is 270 g/mol. The van der Waals surface area contributed by atoms with Crippen molar-refractivity contribution in [3.8, 4) is 0 Å². The highest BCUT2D eigenvalue weighted by Gasteiger charge is 2.41. The normalized spacial score (nSPS) is 27.6. The van der Waals surface area contributed by atoms with E-state index in [1.165, 1.54) is 11.5 Å². The summed E-state index contributed by atoms with van der Waals surface area (Å²) in [6.07, 6.45) is 6.22. The molecule has 104 valence electrons. The van der Waals surface area contributed by atoms with E-state index >= 15 is 0 Å². The minimum absolute atomic E-state index is 0.0514. The van der Waals surface area contributed by atoms with E-state index in [4.69, 9.17) is 4.74 Å². The summed E-state index contributed by atoms with van der Waals surface area (Å²) >= 11 is 2.02. The van der Waals surface area contributed by atoms with E-state index in [1.54, 1.807) is 0 Å². The number of carbonyl (C=O) groups is 1. The predicted molar refractivity (Wildman–Crippen MR) is 77.0 cm³/mol. The summed E-state index contributed by atoms with van der Waals surface area (Å²) in [7, 11) is 0. The first-order valence-corrected chi connectivity index (χ1v) is 8.61. The number of ether oxygens (including phenoxy) is 1. The summed E-state index contributed by atoms with van der Waals surface area (Å²) in [6, 6.07) is 0. The molecule has 0 aromatic carbocycles. The van der Waals surface area contributed by atoms with E-state index in [0.29, 0.717) is 5.78 Å². The van der Waals surface area contributed by atoms with Gasteiger partial charge in [0.1, 0.15) is 5.78 Å². The van der Waals surface area contributed by atoms with Crippen molar-refractivity contribution in [1.82, 2.24) is 0 Å². The molecule has 18 heavy (non-hydrogen) atoms. The van der Waals surface area contributed by atoms with Crippen molar-refractivity contribution in [2.75, 3.05) is 18.1 Å². The standard InChI is InChI=1S/C15H26O2S/c1-3-12(4-2)14(16)13-5-8-17-15(11-13)6-9-18-10-7-15/h12-13H,3-11H2,1-2H3. The Hall–Kier alpha value is -0.0200. The van der Waals surface area contributed by atoms with Crippen LogP contribution in [0.15, 0.2) is 0 Å². The molecule has 2 heterocycles. The second kappa shape index (κ2) is 6.42. The number of hydrogen-bond acceptors (Lipinski definition) is 3. The third-order valence-corrected chi connectivity index (χ3v) is 5.67. The van der Waals surface area contributed by atoms with Crippen molar-refractivity contribution in [1.29, 1.82) is 0 Å². The summed E-state index contributed by atoms with van der Waals surface area (Å²) in [4.78, 5) is 12.5. The number of rotatable bonds is 4. The van der Waals surface area contributed by atoms with Gasteiger partial charge in [0.25, 0.3) is 0 Å². The van der Waals surface area contributed by atoms with E-state index in [9.17, 15) is 4.79 Å². The molecule has 0 N–H and O–H groups in total. The van der Waals surface area contributed by atoms with Crippen molar-refractivity contribution >= 4 is 17.5 Å². The zero-order valence-corrected chi connectivity index (χ0v) is 12.6. The molecule has 2 nitrogen and oxygen atoms in total. The third kappa shape index (κ3) is 3.11. The number of ketones is 1. The number of Topliss-reactive ketones (excluding diaryl/α,β-unsaturated/α-hetero) is 1. The second-order valence-corrected chi connectivity index (χ2v) is 6.97. The molecule has 3 heteroatoms. The zero-order valence-electron chi connectivity index (χ0n) is 11.7. The van der Waals surface area contributed by atoms with E-state index in [-0.39, 0.29) is 17.4 Å². The summed E-state index contributed by atoms with van der Waals surface area (Å²) in [5, 5.41) is 0. The van der Waals surface area contributed by atoms with Crippen molar-refractivity contribution in [3.63, 3.8) is 0 Å². The third-order valence-electron chi connectivity index (χ3n) is 4.69. The highest BCUT2D eigenvalue weighted by molar-refractivity contribution is 7.99. The molecular formula is C15H26O2S. The average Bonchev–Trinajstić information content (AvgIpc) is 2.41. The number of carbonyl (C=O) groups excluding carboxylic acids is 1. The molecular weight excluding hydrogens is 244 g/mol. The molecule has 0 amide bonds. The minimum Gasteiger partial charge on any atom is -0.375 e. The molecule has 0 aromatic heterocycles. The van der Waals surface area contributed by atoms with Crippen LogP contribution in [-0.4, -0.2) is 29.5 Å². The van der Waals surface area contributed by atoms with Crippen LogP contribution in [0.3, 0.4) is 0 Å². The van der Waals surface area contributed by atoms with Gasteiger partial charge < -0.3 is 4.74 Å². The Morgan fingerprint density at radius 1 is 1.33 bits per heavy atom. The first kappa shape index (κ1) is 14.4. The van der Waals surface area contributed by atoms with E-state index in [2.05, 4.69) is 13.8 Å². The van der Waals surface area contributed by atoms with Crippen molar-refractivity contribution in [2.45, 2.75) is 58.0 Å². The summed E-state index contributed by atoms with van der Waals surface area (Å²) in [6.45, 7) is 5.07. The van der Waals surface area contributed by atoms with Gasteiger partial charge in [-0.25, -0.2) is 0 Å². The maximum atomic E-state index is 12.5. The Bertz CT molecular complexity index is 275. The lowest BCUT2D eigenvalue weighted by Gasteiger charge is -2.43. The minimum atomic E-state index is 0.0514. The summed E-state index contributed by atoms with van der Waals surface area (Å²) < 4.78 is 6.07. The zero-order chi connectivity index (χ0) is 13.0. The van der Waals surface area contributed by atoms with Crippen LogP contribution >= 0.6 is 11.8 Å². The smallest absolute Gasteiger partial charge is 0.139 e. The fourth-order valence-electron chi connectivity index (χ4n) is 3.39. The Labute approximate surface area is 115 Å². The molecule has 1 unspecified atom stereocenters. The molecule has 0 saturated carbocycles. The van der Waals surface area contributed by atoms with Crippen molar-refractivity contribution in [3.05, 3.63) is 0 Å². The van der Waals surface area contributed by atoms with Crippen LogP contribution in [0.1, 0.15) is 52.4 Å². The lowest BCUT2D eigenvalue weighted by molar-refractivity contribution is -0.142. The highest BCUT2D eigenvalue weighted by Crippen LogP contribution is 2.40. The molecule has 2 saturated heterocycles. The molecule has 0 bridgehead atoms. The number of hydrogen-bond donors (Lipinski definition) is 0. The molecule has 2 aliphatic heterocycles. The molecule has 0 radical (unpaired) electrons. The Balaban J connectivity index is 1.99. The predicted octanol–water partition coefficient (Wildman–Crippen LogP) is 3.68. The van der Waals surface area contributed by atoms with Crippen LogP contribution in [0.2, 0.25) is 0 Å². The van der Waals surface area contributed by atoms with Crippen LogP contribution < -0.4 is 0 Å². The molecule has 0 aliphatic carbocycles. The van der Waals surface area contributed by atoms with Gasteiger partial charge in [0, 0.05) is 18.4 Å². The molecule has 0 aromatic rings. The van der Waals surface area contributed by atoms with Crippen LogP contribution in [0.5, 0.6) is 0 Å². The number of thioether (sulfide) groups is 1. The fraction of sp³-hybridized carbons (Fsp3) is 0.933. The molecule has 2 fully saturated rings. The van der Waals surface area contributed by atoms with Crippen molar-refractivity contribution in [2.24, 2.45) is 11.8 Å². The molecule has 1 atom stereocenters. The van der Waals surface area contributed by atoms with Gasteiger partial charge in [-0.2, -0.15) is 11.8 Å². The summed E-state index contributed by atoms with van der Waals surface area (Å²) in [5.74, 6) is 3.47. The van der Waals surface area contributed by atoms with E-state index in [0.717, 1.165) is 45.1 Å². The van der Waals surface area contributed by atoms with E-state index < -0.39 is 0 Å². The lowest BCUT2D eigenvalue weighted by Crippen LogP contribution is -2.45. The Morgan fingerprint density at radius 3 is 2.61 bits per heavy atom. The van der Waals surface area contributed by atoms with Crippen LogP contribution in [0, 0.1) is 11.8 Å². The van der Waals surface area contributed by atoms with Crippen molar-refractivity contribution < 1.29 is 9.53 Å². The summed E-state index contributed by atoms with van der Waals surface area (Å²) in [5.41, 5.74) is 0.0514. The van der Waals surface area contributed by atoms with Gasteiger partial charge in [0.05, 0.1) is 5.60 Å². The van der Waals surface area contributed by atoms with Gasteiger partial charge in [-0.15, -0.1) is 0 Å². The maximum Gasteiger partial charge on any atom is 0.139 e. The Kier molecular flexibility index (Phi) is 5.14. The van der Waals surface area contributed by atoms with Gasteiger partial charge in [-0.3, -0.25) is 4.79 Å². The molecule has 2 aliphatic rings. The molecule has 1 spiro atoms. The Morgan fingerprint density at radius 2 is 2.00 bits per heavy atom. The largest absolute Gasteiger partial charge is 0.375 e. The maximum absolute atomic E-state index is 12.5. The van der Waals surface area contributed by atoms with Gasteiger partial charge >= 0.3 is 0 Å². The fourth-order valence-corrected chi connectivity index (χ4v) is 4.62. The van der Waals surface area contributed by atoms with Crippen LogP contribution in [0.4, 0.5) is 0 Å². The van der Waals surface area contributed by atoms with Gasteiger partial charge in [0.15, 0.2) is 0 Å². The topological polar surface area (TPSA) is 26.3 Å². The van der Waals surface area contributed by atoms with Gasteiger partial charge in [-0.05, 0) is 50.0 Å². The lowest BCUT2D eigenvalue weighted by atomic mass is 9.76. The SMILES string of the molecule is CCC(CC)C(=O)C1CCOC2(CCSCC2)C1. The average molecular weight is 270 g/mol. The van der Waals surface area contributed by atoms with E-state index in [1.807, 2.05) is 11.8 Å².